The van der Waals surface area contributed by atoms with Gasteiger partial charge < -0.3 is 10.2 Å². The van der Waals surface area contributed by atoms with E-state index < -0.39 is 0 Å². The van der Waals surface area contributed by atoms with E-state index in [9.17, 15) is 4.79 Å². The number of hydrogen-bond donors (Lipinski definition) is 1. The highest BCUT2D eigenvalue weighted by molar-refractivity contribution is 5.87. The number of nitrogens with one attached hydrogen (secondary N) is 1. The van der Waals surface area contributed by atoms with Crippen LogP contribution in [-0.2, 0) is 11.2 Å². The standard InChI is InChI=1S/C26H26N2O/c29-26(24(19-9-3-1-4-10-19)20-11-5-2-6-12-20)27-23-16-18-28-17-8-14-21-13-7-15-22(23)25(21)28/h1-7,9-13,15,23-24H,8,14,16-18H2,(H,27,29)/t23-/m0/s1. The molecule has 1 amide bonds. The maximum atomic E-state index is 13.5. The Kier molecular flexibility index (Phi) is 4.81. The highest BCUT2D eigenvalue weighted by Crippen LogP contribution is 2.40. The van der Waals surface area contributed by atoms with Gasteiger partial charge >= 0.3 is 0 Å². The van der Waals surface area contributed by atoms with E-state index in [1.54, 1.807) is 0 Å². The summed E-state index contributed by atoms with van der Waals surface area (Å²) >= 11 is 0. The second kappa shape index (κ2) is 7.75. The number of carbonyl (C=O) groups excluding carboxylic acids is 1. The molecule has 29 heavy (non-hydrogen) atoms. The summed E-state index contributed by atoms with van der Waals surface area (Å²) in [4.78, 5) is 16.1. The highest BCUT2D eigenvalue weighted by atomic mass is 16.2. The monoisotopic (exact) mass is 382 g/mol. The highest BCUT2D eigenvalue weighted by Gasteiger charge is 2.32. The third-order valence-corrected chi connectivity index (χ3v) is 6.25. The van der Waals surface area contributed by atoms with Crippen LogP contribution < -0.4 is 10.2 Å². The van der Waals surface area contributed by atoms with Crippen molar-refractivity contribution in [3.8, 4) is 0 Å². The molecule has 2 aliphatic rings. The molecule has 0 saturated carbocycles. The minimum atomic E-state index is -0.296. The molecule has 146 valence electrons. The summed E-state index contributed by atoms with van der Waals surface area (Å²) in [5.41, 5.74) is 6.13. The van der Waals surface area contributed by atoms with Crippen LogP contribution in [0.25, 0.3) is 0 Å². The number of benzene rings is 3. The molecule has 0 aromatic heterocycles. The fraction of sp³-hybridized carbons (Fsp3) is 0.269. The minimum absolute atomic E-state index is 0.0710. The Morgan fingerprint density at radius 1 is 0.862 bits per heavy atom. The number of carbonyl (C=O) groups is 1. The number of hydrogen-bond acceptors (Lipinski definition) is 2. The van der Waals surface area contributed by atoms with Crippen molar-refractivity contribution in [1.82, 2.24) is 5.32 Å². The first kappa shape index (κ1) is 18.0. The SMILES string of the molecule is O=C(N[C@H]1CCN2CCCc3cccc1c32)C(c1ccccc1)c1ccccc1. The first-order valence-electron chi connectivity index (χ1n) is 10.6. The first-order valence-corrected chi connectivity index (χ1v) is 10.6. The molecule has 2 aliphatic heterocycles. The van der Waals surface area contributed by atoms with Crippen LogP contribution >= 0.6 is 0 Å². The lowest BCUT2D eigenvalue weighted by Crippen LogP contribution is -2.42. The molecule has 2 heterocycles. The molecule has 0 aliphatic carbocycles. The summed E-state index contributed by atoms with van der Waals surface area (Å²) in [6.45, 7) is 2.14. The number of amides is 1. The quantitative estimate of drug-likeness (QED) is 0.701. The zero-order valence-electron chi connectivity index (χ0n) is 16.6. The van der Waals surface area contributed by atoms with E-state index in [-0.39, 0.29) is 17.9 Å². The molecule has 0 fully saturated rings. The summed E-state index contributed by atoms with van der Waals surface area (Å²) in [7, 11) is 0. The summed E-state index contributed by atoms with van der Waals surface area (Å²) in [5.74, 6) is -0.218. The molecule has 0 spiro atoms. The molecular weight excluding hydrogens is 356 g/mol. The van der Waals surface area contributed by atoms with Gasteiger partial charge in [0.2, 0.25) is 5.91 Å². The molecule has 0 saturated heterocycles. The lowest BCUT2D eigenvalue weighted by Gasteiger charge is -2.40. The van der Waals surface area contributed by atoms with Crippen LogP contribution in [0.1, 0.15) is 47.1 Å². The number of nitrogens with zero attached hydrogens (tertiary/aromatic N) is 1. The molecule has 3 aromatic carbocycles. The van der Waals surface area contributed by atoms with Gasteiger partial charge in [-0.2, -0.15) is 0 Å². The molecular formula is C26H26N2O. The fourth-order valence-corrected chi connectivity index (χ4v) is 4.91. The summed E-state index contributed by atoms with van der Waals surface area (Å²) in [6.07, 6.45) is 3.31. The van der Waals surface area contributed by atoms with Crippen LogP contribution in [0, 0.1) is 0 Å². The van der Waals surface area contributed by atoms with Crippen LogP contribution in [-0.4, -0.2) is 19.0 Å². The van der Waals surface area contributed by atoms with Crippen molar-refractivity contribution in [2.75, 3.05) is 18.0 Å². The first-order chi connectivity index (χ1) is 14.3. The zero-order chi connectivity index (χ0) is 19.6. The normalized spacial score (nSPS) is 17.7. The smallest absolute Gasteiger partial charge is 0.232 e. The maximum absolute atomic E-state index is 13.5. The Labute approximate surface area is 172 Å². The van der Waals surface area contributed by atoms with E-state index >= 15 is 0 Å². The Balaban J connectivity index is 1.47. The van der Waals surface area contributed by atoms with E-state index in [1.807, 2.05) is 60.7 Å². The minimum Gasteiger partial charge on any atom is -0.371 e. The average Bonchev–Trinajstić information content (AvgIpc) is 2.78. The average molecular weight is 383 g/mol. The van der Waals surface area contributed by atoms with Crippen LogP contribution in [0.2, 0.25) is 0 Å². The second-order valence-corrected chi connectivity index (χ2v) is 8.05. The molecule has 3 aromatic rings. The summed E-state index contributed by atoms with van der Waals surface area (Å²) < 4.78 is 0. The van der Waals surface area contributed by atoms with Gasteiger partial charge in [-0.1, -0.05) is 78.9 Å². The van der Waals surface area contributed by atoms with E-state index in [1.165, 1.54) is 23.2 Å². The van der Waals surface area contributed by atoms with Gasteiger partial charge in [0.1, 0.15) is 0 Å². The van der Waals surface area contributed by atoms with Crippen LogP contribution in [0.5, 0.6) is 0 Å². The number of rotatable bonds is 4. The van der Waals surface area contributed by atoms with Crippen molar-refractivity contribution in [2.45, 2.75) is 31.2 Å². The lowest BCUT2D eigenvalue weighted by atomic mass is 9.87. The van der Waals surface area contributed by atoms with Crippen molar-refractivity contribution >= 4 is 11.6 Å². The van der Waals surface area contributed by atoms with E-state index in [4.69, 9.17) is 0 Å². The third kappa shape index (κ3) is 3.42. The van der Waals surface area contributed by atoms with Gasteiger partial charge in [0, 0.05) is 18.8 Å². The summed E-state index contributed by atoms with van der Waals surface area (Å²) in [6, 6.07) is 26.8. The Morgan fingerprint density at radius 2 is 1.55 bits per heavy atom. The molecule has 0 radical (unpaired) electrons. The Bertz CT molecular complexity index is 960. The van der Waals surface area contributed by atoms with Crippen molar-refractivity contribution in [3.63, 3.8) is 0 Å². The van der Waals surface area contributed by atoms with Crippen molar-refractivity contribution in [1.29, 1.82) is 0 Å². The molecule has 5 rings (SSSR count). The predicted molar refractivity (Wildman–Crippen MR) is 117 cm³/mol. The molecule has 3 nitrogen and oxygen atoms in total. The van der Waals surface area contributed by atoms with E-state index in [2.05, 4.69) is 28.4 Å². The van der Waals surface area contributed by atoms with Gasteiger partial charge in [-0.3, -0.25) is 4.79 Å². The van der Waals surface area contributed by atoms with Crippen LogP contribution in [0.4, 0.5) is 5.69 Å². The van der Waals surface area contributed by atoms with Crippen LogP contribution in [0.3, 0.4) is 0 Å². The van der Waals surface area contributed by atoms with Gasteiger partial charge in [-0.25, -0.2) is 0 Å². The molecule has 0 unspecified atom stereocenters. The number of para-hydroxylation sites is 1. The Morgan fingerprint density at radius 3 is 2.24 bits per heavy atom. The fourth-order valence-electron chi connectivity index (χ4n) is 4.91. The van der Waals surface area contributed by atoms with Gasteiger partial charge in [0.05, 0.1) is 12.0 Å². The molecule has 0 bridgehead atoms. The molecule has 1 atom stereocenters. The lowest BCUT2D eigenvalue weighted by molar-refractivity contribution is -0.122. The summed E-state index contributed by atoms with van der Waals surface area (Å²) in [5, 5.41) is 3.40. The van der Waals surface area contributed by atoms with E-state index in [0.717, 1.165) is 37.1 Å². The topological polar surface area (TPSA) is 32.3 Å². The zero-order valence-corrected chi connectivity index (χ0v) is 16.6. The van der Waals surface area contributed by atoms with Crippen molar-refractivity contribution in [2.24, 2.45) is 0 Å². The van der Waals surface area contributed by atoms with Gasteiger partial charge in [-0.05, 0) is 41.5 Å². The van der Waals surface area contributed by atoms with Gasteiger partial charge in [-0.15, -0.1) is 0 Å². The van der Waals surface area contributed by atoms with Crippen molar-refractivity contribution < 1.29 is 4.79 Å². The van der Waals surface area contributed by atoms with Gasteiger partial charge in [0.15, 0.2) is 0 Å². The second-order valence-electron chi connectivity index (χ2n) is 8.05. The predicted octanol–water partition coefficient (Wildman–Crippen LogP) is 4.83. The number of anilines is 1. The largest absolute Gasteiger partial charge is 0.371 e. The van der Waals surface area contributed by atoms with Crippen molar-refractivity contribution in [3.05, 3.63) is 101 Å². The maximum Gasteiger partial charge on any atom is 0.232 e. The van der Waals surface area contributed by atoms with Gasteiger partial charge in [0.25, 0.3) is 0 Å². The van der Waals surface area contributed by atoms with Crippen LogP contribution in [0.15, 0.2) is 78.9 Å². The number of aryl methyl sites for hydroxylation is 1. The van der Waals surface area contributed by atoms with E-state index in [0.29, 0.717) is 0 Å². The molecule has 3 heteroatoms. The Hall–Kier alpha value is -3.07. The molecule has 1 N–H and O–H groups in total. The third-order valence-electron chi connectivity index (χ3n) is 6.25.